The molecule has 1 N–H and O–H groups in total. The first-order valence-electron chi connectivity index (χ1n) is 14.9. The van der Waals surface area contributed by atoms with Crippen LogP contribution < -0.4 is 0 Å². The highest BCUT2D eigenvalue weighted by Gasteiger charge is 2.68. The van der Waals surface area contributed by atoms with Gasteiger partial charge in [0, 0.05) is 43.4 Å². The minimum absolute atomic E-state index is 0.0112. The fourth-order valence-corrected chi connectivity index (χ4v) is 10.3. The number of Topliss-reactive ketones (excluding diaryl/α,β-unsaturated/α-hetero) is 1. The molecule has 5 aliphatic rings. The number of carboxylic acid groups (broad SMARTS) is 1. The number of benzene rings is 1. The van der Waals surface area contributed by atoms with E-state index in [9.17, 15) is 24.3 Å². The molecule has 4 saturated carbocycles. The molecule has 1 aromatic rings. The van der Waals surface area contributed by atoms with Crippen LogP contribution in [0.1, 0.15) is 99.3 Å². The fourth-order valence-electron chi connectivity index (χ4n) is 10.3. The molecular formula is C32H42N2O5. The standard InChI is InChI=1S/C32H42N2O5/c1-29-13-9-24-30(2)11-6-12-31(3,23(30)10-14-32(24,20-29)19-25(29)35)28(39)34-17-15-33(16-18-34)26(36)21-7-4-5-8-22(21)27(37)38/h4-5,7-8,23-24H,6,9-20H2,1-3H3,(H,37,38)/t23-,24-,29-,30+,31+,32-/m0/s1. The molecule has 2 amide bonds. The molecule has 0 radical (unpaired) electrons. The van der Waals surface area contributed by atoms with Gasteiger partial charge in [0.15, 0.2) is 0 Å². The molecule has 210 valence electrons. The van der Waals surface area contributed by atoms with Gasteiger partial charge in [-0.15, -0.1) is 0 Å². The molecule has 1 saturated heterocycles. The van der Waals surface area contributed by atoms with Crippen LogP contribution in [0.25, 0.3) is 0 Å². The van der Waals surface area contributed by atoms with Crippen LogP contribution in [0.15, 0.2) is 24.3 Å². The van der Waals surface area contributed by atoms with Crippen molar-refractivity contribution < 1.29 is 24.3 Å². The van der Waals surface area contributed by atoms with Crippen molar-refractivity contribution in [2.24, 2.45) is 33.5 Å². The van der Waals surface area contributed by atoms with Crippen molar-refractivity contribution in [1.82, 2.24) is 9.80 Å². The van der Waals surface area contributed by atoms with Crippen molar-refractivity contribution in [3.63, 3.8) is 0 Å². The maximum Gasteiger partial charge on any atom is 0.336 e. The summed E-state index contributed by atoms with van der Waals surface area (Å²) in [6.45, 7) is 8.58. The fraction of sp³-hybridized carbons (Fsp3) is 0.688. The third kappa shape index (κ3) is 3.81. The predicted octanol–water partition coefficient (Wildman–Crippen LogP) is 5.04. The largest absolute Gasteiger partial charge is 0.478 e. The molecule has 1 aliphatic heterocycles. The number of aromatic carboxylic acids is 1. The molecule has 7 nitrogen and oxygen atoms in total. The van der Waals surface area contributed by atoms with E-state index in [2.05, 4.69) is 20.8 Å². The van der Waals surface area contributed by atoms with Gasteiger partial charge >= 0.3 is 5.97 Å². The molecule has 7 heteroatoms. The van der Waals surface area contributed by atoms with E-state index in [1.165, 1.54) is 6.07 Å². The lowest BCUT2D eigenvalue weighted by Gasteiger charge is -2.64. The van der Waals surface area contributed by atoms with E-state index in [1.807, 2.05) is 4.90 Å². The van der Waals surface area contributed by atoms with Crippen LogP contribution in [0, 0.1) is 33.5 Å². The molecule has 1 spiro atoms. The molecule has 0 unspecified atom stereocenters. The summed E-state index contributed by atoms with van der Waals surface area (Å²) < 4.78 is 0. The zero-order chi connectivity index (χ0) is 27.8. The number of carboxylic acids is 1. The number of amides is 2. The molecule has 4 aliphatic carbocycles. The average molecular weight is 535 g/mol. The third-order valence-electron chi connectivity index (χ3n) is 12.1. The number of piperazine rings is 1. The summed E-state index contributed by atoms with van der Waals surface area (Å²) in [5, 5.41) is 9.51. The Morgan fingerprint density at radius 3 is 2.18 bits per heavy atom. The van der Waals surface area contributed by atoms with E-state index >= 15 is 0 Å². The Labute approximate surface area is 231 Å². The molecular weight excluding hydrogens is 492 g/mol. The summed E-state index contributed by atoms with van der Waals surface area (Å²) in [7, 11) is 0. The number of carbonyl (C=O) groups excluding carboxylic acids is 3. The lowest BCUT2D eigenvalue weighted by atomic mass is 9.40. The molecule has 6 rings (SSSR count). The second kappa shape index (κ2) is 8.90. The van der Waals surface area contributed by atoms with Gasteiger partial charge in [0.05, 0.1) is 11.1 Å². The maximum absolute atomic E-state index is 14.3. The smallest absolute Gasteiger partial charge is 0.336 e. The predicted molar refractivity (Wildman–Crippen MR) is 146 cm³/mol. The summed E-state index contributed by atoms with van der Waals surface area (Å²) in [5.74, 6) is 0.114. The van der Waals surface area contributed by atoms with Gasteiger partial charge in [0.1, 0.15) is 5.78 Å². The molecule has 39 heavy (non-hydrogen) atoms. The first kappa shape index (κ1) is 26.5. The highest BCUT2D eigenvalue weighted by molar-refractivity contribution is 6.04. The summed E-state index contributed by atoms with van der Waals surface area (Å²) in [5.41, 5.74) is -0.141. The number of hydrogen-bond acceptors (Lipinski definition) is 4. The molecule has 1 aromatic carbocycles. The number of rotatable bonds is 3. The summed E-state index contributed by atoms with van der Waals surface area (Å²) in [6, 6.07) is 6.33. The van der Waals surface area contributed by atoms with Gasteiger partial charge in [-0.25, -0.2) is 4.79 Å². The Balaban J connectivity index is 1.18. The Morgan fingerprint density at radius 1 is 0.846 bits per heavy atom. The first-order chi connectivity index (χ1) is 18.4. The minimum atomic E-state index is -1.11. The van der Waals surface area contributed by atoms with E-state index in [1.54, 1.807) is 23.1 Å². The van der Waals surface area contributed by atoms with Gasteiger partial charge < -0.3 is 14.9 Å². The Bertz CT molecular complexity index is 1240. The van der Waals surface area contributed by atoms with Crippen LogP contribution in [0.3, 0.4) is 0 Å². The Hall–Kier alpha value is -2.70. The van der Waals surface area contributed by atoms with Crippen LogP contribution >= 0.6 is 0 Å². The quantitative estimate of drug-likeness (QED) is 0.586. The SMILES string of the molecule is C[C@@]12CC[C@@H]3[C@@](CC[C@H]4[C@@]3(C)CCC[C@@]4(C)C(=O)N3CCN(C(=O)c4ccccc4C(=O)O)CC3)(CC1=O)C2. The summed E-state index contributed by atoms with van der Waals surface area (Å²) >= 11 is 0. The molecule has 5 fully saturated rings. The average Bonchev–Trinajstić information content (AvgIpc) is 3.10. The minimum Gasteiger partial charge on any atom is -0.478 e. The van der Waals surface area contributed by atoms with E-state index in [0.717, 1.165) is 57.8 Å². The van der Waals surface area contributed by atoms with Crippen LogP contribution in [-0.2, 0) is 9.59 Å². The molecule has 0 aromatic heterocycles. The van der Waals surface area contributed by atoms with Crippen LogP contribution in [0.5, 0.6) is 0 Å². The summed E-state index contributed by atoms with van der Waals surface area (Å²) in [6.07, 6.45) is 9.04. The van der Waals surface area contributed by atoms with Crippen LogP contribution in [-0.4, -0.2) is 64.7 Å². The zero-order valence-corrected chi connectivity index (χ0v) is 23.6. The molecule has 1 heterocycles. The number of hydrogen-bond donors (Lipinski definition) is 1. The Morgan fingerprint density at radius 2 is 1.49 bits per heavy atom. The molecule has 2 bridgehead atoms. The van der Waals surface area contributed by atoms with Gasteiger partial charge in [-0.2, -0.15) is 0 Å². The second-order valence-corrected chi connectivity index (χ2v) is 14.1. The van der Waals surface area contributed by atoms with Crippen molar-refractivity contribution in [2.75, 3.05) is 26.2 Å². The van der Waals surface area contributed by atoms with Crippen molar-refractivity contribution in [2.45, 2.75) is 78.6 Å². The van der Waals surface area contributed by atoms with Crippen molar-refractivity contribution in [3.05, 3.63) is 35.4 Å². The van der Waals surface area contributed by atoms with Gasteiger partial charge in [0.2, 0.25) is 5.91 Å². The van der Waals surface area contributed by atoms with E-state index in [4.69, 9.17) is 0 Å². The first-order valence-corrected chi connectivity index (χ1v) is 14.9. The van der Waals surface area contributed by atoms with Crippen molar-refractivity contribution in [1.29, 1.82) is 0 Å². The van der Waals surface area contributed by atoms with Crippen LogP contribution in [0.2, 0.25) is 0 Å². The second-order valence-electron chi connectivity index (χ2n) is 14.1. The number of carbonyl (C=O) groups is 4. The lowest BCUT2D eigenvalue weighted by Crippen LogP contribution is -2.62. The van der Waals surface area contributed by atoms with Crippen molar-refractivity contribution in [3.8, 4) is 0 Å². The molecule has 6 atom stereocenters. The number of ketones is 1. The van der Waals surface area contributed by atoms with E-state index in [0.29, 0.717) is 43.8 Å². The van der Waals surface area contributed by atoms with Gasteiger partial charge in [-0.3, -0.25) is 14.4 Å². The zero-order valence-electron chi connectivity index (χ0n) is 23.6. The van der Waals surface area contributed by atoms with Gasteiger partial charge in [0.25, 0.3) is 5.91 Å². The third-order valence-corrected chi connectivity index (χ3v) is 12.1. The Kier molecular flexibility index (Phi) is 6.05. The highest BCUT2D eigenvalue weighted by Crippen LogP contribution is 2.73. The van der Waals surface area contributed by atoms with Crippen LogP contribution in [0.4, 0.5) is 0 Å². The van der Waals surface area contributed by atoms with Gasteiger partial charge in [-0.1, -0.05) is 39.3 Å². The number of fused-ring (bicyclic) bond motifs is 3. The van der Waals surface area contributed by atoms with E-state index < -0.39 is 11.4 Å². The highest BCUT2D eigenvalue weighted by atomic mass is 16.4. The van der Waals surface area contributed by atoms with Crippen molar-refractivity contribution >= 4 is 23.6 Å². The number of nitrogens with zero attached hydrogens (tertiary/aromatic N) is 2. The van der Waals surface area contributed by atoms with Gasteiger partial charge in [-0.05, 0) is 79.7 Å². The van der Waals surface area contributed by atoms with E-state index in [-0.39, 0.29) is 39.2 Å². The normalized spacial score (nSPS) is 39.6. The maximum atomic E-state index is 14.3. The summed E-state index contributed by atoms with van der Waals surface area (Å²) in [4.78, 5) is 55.7. The topological polar surface area (TPSA) is 95.0 Å². The monoisotopic (exact) mass is 534 g/mol. The lowest BCUT2D eigenvalue weighted by molar-refractivity contribution is -0.178.